The van der Waals surface area contributed by atoms with Crippen LogP contribution in [0.4, 0.5) is 0 Å². The number of hydrogen-bond acceptors (Lipinski definition) is 3. The van der Waals surface area contributed by atoms with Gasteiger partial charge in [-0.15, -0.1) is 0 Å². The van der Waals surface area contributed by atoms with E-state index in [2.05, 4.69) is 63.0 Å². The summed E-state index contributed by atoms with van der Waals surface area (Å²) in [6.07, 6.45) is 8.00. The number of aromatic nitrogens is 4. The van der Waals surface area contributed by atoms with Crippen molar-refractivity contribution in [3.05, 3.63) is 54.2 Å². The van der Waals surface area contributed by atoms with E-state index in [9.17, 15) is 0 Å². The summed E-state index contributed by atoms with van der Waals surface area (Å²) < 4.78 is 2.24. The zero-order chi connectivity index (χ0) is 14.5. The van der Waals surface area contributed by atoms with Crippen LogP contribution in [0.3, 0.4) is 0 Å². The molecule has 0 saturated heterocycles. The minimum atomic E-state index is 0.761. The third-order valence-corrected chi connectivity index (χ3v) is 3.69. The Morgan fingerprint density at radius 1 is 1.05 bits per heavy atom. The van der Waals surface area contributed by atoms with Crippen LogP contribution in [0.25, 0.3) is 11.5 Å². The van der Waals surface area contributed by atoms with E-state index < -0.39 is 0 Å². The summed E-state index contributed by atoms with van der Waals surface area (Å²) in [6, 6.07) is 10.6. The van der Waals surface area contributed by atoms with Gasteiger partial charge < -0.3 is 4.57 Å². The van der Waals surface area contributed by atoms with Gasteiger partial charge in [0.2, 0.25) is 0 Å². The highest BCUT2D eigenvalue weighted by atomic mass is 15.1. The minimum absolute atomic E-state index is 0.761. The molecule has 2 aliphatic heterocycles. The SMILES string of the molecule is CCCCc1nc2ncnc-2cn1CCc1ccccc1. The molecule has 0 fully saturated rings. The molecule has 108 valence electrons. The van der Waals surface area contributed by atoms with Gasteiger partial charge in [-0.05, 0) is 18.4 Å². The predicted molar refractivity (Wildman–Crippen MR) is 83.2 cm³/mol. The Morgan fingerprint density at radius 3 is 2.71 bits per heavy atom. The van der Waals surface area contributed by atoms with Gasteiger partial charge in [-0.3, -0.25) is 0 Å². The molecule has 0 aliphatic carbocycles. The molecule has 3 rings (SSSR count). The highest BCUT2D eigenvalue weighted by Gasteiger charge is 2.12. The van der Waals surface area contributed by atoms with E-state index >= 15 is 0 Å². The number of hydrogen-bond donors (Lipinski definition) is 0. The molecule has 0 spiro atoms. The molecule has 1 aromatic rings. The lowest BCUT2D eigenvalue weighted by Gasteiger charge is -2.14. The van der Waals surface area contributed by atoms with Crippen molar-refractivity contribution >= 4 is 0 Å². The summed E-state index contributed by atoms with van der Waals surface area (Å²) in [4.78, 5) is 13.1. The number of imidazole rings is 1. The van der Waals surface area contributed by atoms with Gasteiger partial charge in [-0.25, -0.2) is 15.0 Å². The molecular formula is C17H20N4. The van der Waals surface area contributed by atoms with Gasteiger partial charge in [0.25, 0.3) is 0 Å². The molecule has 1 aromatic carbocycles. The Bertz CT molecular complexity index is 660. The second-order valence-electron chi connectivity index (χ2n) is 5.27. The van der Waals surface area contributed by atoms with Gasteiger partial charge in [0.1, 0.15) is 17.8 Å². The molecule has 4 nitrogen and oxygen atoms in total. The Balaban J connectivity index is 1.83. The monoisotopic (exact) mass is 280 g/mol. The summed E-state index contributed by atoms with van der Waals surface area (Å²) in [5.41, 5.74) is 2.23. The average Bonchev–Trinajstić information content (AvgIpc) is 2.98. The smallest absolute Gasteiger partial charge is 0.182 e. The Morgan fingerprint density at radius 2 is 1.90 bits per heavy atom. The van der Waals surface area contributed by atoms with Gasteiger partial charge in [0.05, 0.1) is 0 Å². The maximum Gasteiger partial charge on any atom is 0.182 e. The minimum Gasteiger partial charge on any atom is -0.334 e. The van der Waals surface area contributed by atoms with Gasteiger partial charge in [-0.1, -0.05) is 43.7 Å². The van der Waals surface area contributed by atoms with E-state index in [1.54, 1.807) is 6.33 Å². The number of nitrogens with zero attached hydrogens (tertiary/aromatic N) is 4. The van der Waals surface area contributed by atoms with Gasteiger partial charge in [-0.2, -0.15) is 0 Å². The third-order valence-electron chi connectivity index (χ3n) is 3.69. The van der Waals surface area contributed by atoms with E-state index in [1.165, 1.54) is 12.0 Å². The molecule has 4 heteroatoms. The van der Waals surface area contributed by atoms with Gasteiger partial charge in [0.15, 0.2) is 5.82 Å². The topological polar surface area (TPSA) is 43.6 Å². The van der Waals surface area contributed by atoms with Crippen molar-refractivity contribution in [3.63, 3.8) is 0 Å². The molecule has 0 amide bonds. The lowest BCUT2D eigenvalue weighted by atomic mass is 10.1. The molecule has 0 bridgehead atoms. The van der Waals surface area contributed by atoms with E-state index in [0.717, 1.165) is 43.1 Å². The molecular weight excluding hydrogens is 260 g/mol. The maximum atomic E-state index is 4.67. The van der Waals surface area contributed by atoms with E-state index in [-0.39, 0.29) is 0 Å². The van der Waals surface area contributed by atoms with Crippen LogP contribution in [0.1, 0.15) is 31.2 Å². The molecule has 2 aliphatic rings. The van der Waals surface area contributed by atoms with Crippen LogP contribution in [0.5, 0.6) is 0 Å². The number of unbranched alkanes of at least 4 members (excludes halogenated alkanes) is 1. The van der Waals surface area contributed by atoms with Gasteiger partial charge in [0, 0.05) is 19.2 Å². The van der Waals surface area contributed by atoms with E-state index in [0.29, 0.717) is 0 Å². The standard InChI is InChI=1S/C17H20N4/c1-2-3-9-16-20-17-15(18-13-19-17)12-21(16)11-10-14-7-5-4-6-8-14/h4-8,12-13H,2-3,9-11H2,1H3. The average molecular weight is 280 g/mol. The van der Waals surface area contributed by atoms with Crippen LogP contribution in [-0.4, -0.2) is 19.5 Å². The predicted octanol–water partition coefficient (Wildman–Crippen LogP) is 3.36. The maximum absolute atomic E-state index is 4.67. The van der Waals surface area contributed by atoms with E-state index in [4.69, 9.17) is 0 Å². The van der Waals surface area contributed by atoms with Crippen LogP contribution in [-0.2, 0) is 19.4 Å². The number of benzene rings is 1. The first-order valence-corrected chi connectivity index (χ1v) is 7.57. The van der Waals surface area contributed by atoms with Crippen molar-refractivity contribution in [2.24, 2.45) is 0 Å². The van der Waals surface area contributed by atoms with Crippen molar-refractivity contribution < 1.29 is 0 Å². The fourth-order valence-electron chi connectivity index (χ4n) is 2.48. The van der Waals surface area contributed by atoms with Gasteiger partial charge >= 0.3 is 0 Å². The second-order valence-corrected chi connectivity index (χ2v) is 5.27. The Kier molecular flexibility index (Phi) is 4.24. The molecule has 0 atom stereocenters. The quantitative estimate of drug-likeness (QED) is 0.695. The molecule has 0 saturated carbocycles. The summed E-state index contributed by atoms with van der Waals surface area (Å²) in [6.45, 7) is 3.13. The number of fused-ring (bicyclic) bond motifs is 1. The molecule has 0 N–H and O–H groups in total. The molecule has 0 aromatic heterocycles. The fraction of sp³-hybridized carbons (Fsp3) is 0.353. The zero-order valence-corrected chi connectivity index (χ0v) is 12.4. The molecule has 21 heavy (non-hydrogen) atoms. The fourth-order valence-corrected chi connectivity index (χ4v) is 2.48. The lowest BCUT2D eigenvalue weighted by molar-refractivity contribution is 0.608. The van der Waals surface area contributed by atoms with Crippen LogP contribution < -0.4 is 0 Å². The number of aryl methyl sites for hydroxylation is 3. The van der Waals surface area contributed by atoms with Crippen molar-refractivity contribution in [1.82, 2.24) is 19.5 Å². The highest BCUT2D eigenvalue weighted by molar-refractivity contribution is 5.48. The summed E-state index contributed by atoms with van der Waals surface area (Å²) >= 11 is 0. The van der Waals surface area contributed by atoms with Crippen LogP contribution in [0.15, 0.2) is 42.9 Å². The first-order valence-electron chi connectivity index (χ1n) is 7.57. The second kappa shape index (κ2) is 6.48. The lowest BCUT2D eigenvalue weighted by Crippen LogP contribution is -2.12. The summed E-state index contributed by atoms with van der Waals surface area (Å²) in [5, 5.41) is 0. The van der Waals surface area contributed by atoms with Crippen molar-refractivity contribution in [2.75, 3.05) is 0 Å². The molecule has 0 unspecified atom stereocenters. The third kappa shape index (κ3) is 3.27. The van der Waals surface area contributed by atoms with Crippen LogP contribution in [0, 0.1) is 0 Å². The van der Waals surface area contributed by atoms with Crippen molar-refractivity contribution in [1.29, 1.82) is 0 Å². The molecule has 2 heterocycles. The summed E-state index contributed by atoms with van der Waals surface area (Å²) in [7, 11) is 0. The number of rotatable bonds is 6. The molecule has 0 radical (unpaired) electrons. The van der Waals surface area contributed by atoms with E-state index in [1.807, 2.05) is 0 Å². The largest absolute Gasteiger partial charge is 0.334 e. The zero-order valence-electron chi connectivity index (χ0n) is 12.4. The highest BCUT2D eigenvalue weighted by Crippen LogP contribution is 2.17. The Labute approximate surface area is 125 Å². The van der Waals surface area contributed by atoms with Crippen LogP contribution >= 0.6 is 0 Å². The van der Waals surface area contributed by atoms with Crippen molar-refractivity contribution in [2.45, 2.75) is 39.2 Å². The Hall–Kier alpha value is -2.23. The first-order chi connectivity index (χ1) is 10.4. The summed E-state index contributed by atoms with van der Waals surface area (Å²) in [5.74, 6) is 1.87. The first kappa shape index (κ1) is 13.7. The van der Waals surface area contributed by atoms with Crippen LogP contribution in [0.2, 0.25) is 0 Å². The normalized spacial score (nSPS) is 11.1. The van der Waals surface area contributed by atoms with Crippen molar-refractivity contribution in [3.8, 4) is 11.5 Å².